The van der Waals surface area contributed by atoms with E-state index in [-0.39, 0.29) is 5.91 Å². The average Bonchev–Trinajstić information content (AvgIpc) is 2.53. The van der Waals surface area contributed by atoms with E-state index >= 15 is 0 Å². The van der Waals surface area contributed by atoms with Crippen molar-refractivity contribution in [2.75, 3.05) is 18.4 Å². The highest BCUT2D eigenvalue weighted by Gasteiger charge is 2.17. The lowest BCUT2D eigenvalue weighted by atomic mass is 10.2. The summed E-state index contributed by atoms with van der Waals surface area (Å²) >= 11 is 0. The third-order valence-corrected chi connectivity index (χ3v) is 3.62. The topological polar surface area (TPSA) is 58.1 Å². The van der Waals surface area contributed by atoms with Crippen LogP contribution in [-0.4, -0.2) is 33.9 Å². The Morgan fingerprint density at radius 2 is 1.79 bits per heavy atom. The van der Waals surface area contributed by atoms with Gasteiger partial charge in [0.25, 0.3) is 5.91 Å². The molecule has 24 heavy (non-hydrogen) atoms. The molecule has 128 valence electrons. The third kappa shape index (κ3) is 4.78. The van der Waals surface area contributed by atoms with Crippen LogP contribution in [0, 0.1) is 13.8 Å². The number of aromatic nitrogens is 2. The third-order valence-electron chi connectivity index (χ3n) is 3.62. The summed E-state index contributed by atoms with van der Waals surface area (Å²) in [6, 6.07) is 9.74. The predicted molar refractivity (Wildman–Crippen MR) is 97.7 cm³/mol. The molecule has 2 aromatic rings. The van der Waals surface area contributed by atoms with Gasteiger partial charge >= 0.3 is 0 Å². The van der Waals surface area contributed by atoms with Crippen LogP contribution in [0.4, 0.5) is 11.6 Å². The molecule has 5 nitrogen and oxygen atoms in total. The molecule has 1 N–H and O–H groups in total. The normalized spacial score (nSPS) is 10.5. The monoisotopic (exact) mass is 326 g/mol. The van der Waals surface area contributed by atoms with Gasteiger partial charge in [-0.2, -0.15) is 0 Å². The van der Waals surface area contributed by atoms with Crippen molar-refractivity contribution < 1.29 is 4.79 Å². The van der Waals surface area contributed by atoms with Gasteiger partial charge in [-0.3, -0.25) is 4.79 Å². The van der Waals surface area contributed by atoms with Gasteiger partial charge in [-0.05, 0) is 50.5 Å². The molecule has 1 amide bonds. The maximum Gasteiger partial charge on any atom is 0.272 e. The van der Waals surface area contributed by atoms with Gasteiger partial charge in [-0.25, -0.2) is 9.97 Å². The Kier molecular flexibility index (Phi) is 6.29. The Morgan fingerprint density at radius 3 is 2.42 bits per heavy atom. The first-order chi connectivity index (χ1) is 11.5. The minimum absolute atomic E-state index is 0.0310. The molecule has 1 heterocycles. The predicted octanol–water partition coefficient (Wildman–Crippen LogP) is 4.10. The molecule has 2 rings (SSSR count). The molecule has 1 aromatic carbocycles. The van der Waals surface area contributed by atoms with Crippen molar-refractivity contribution in [3.8, 4) is 0 Å². The van der Waals surface area contributed by atoms with E-state index in [4.69, 9.17) is 0 Å². The molecule has 0 aliphatic rings. The number of hydrogen-bond acceptors (Lipinski definition) is 4. The van der Waals surface area contributed by atoms with E-state index in [1.54, 1.807) is 6.07 Å². The molecule has 0 radical (unpaired) electrons. The van der Waals surface area contributed by atoms with Crippen molar-refractivity contribution in [3.63, 3.8) is 0 Å². The number of nitrogens with zero attached hydrogens (tertiary/aromatic N) is 3. The SMILES string of the molecule is CCCN(CCC)C(=O)c1cc(C)nc(Nc2cccc(C)c2)n1. The maximum atomic E-state index is 12.7. The summed E-state index contributed by atoms with van der Waals surface area (Å²) < 4.78 is 0. The molecule has 0 aliphatic heterocycles. The first-order valence-electron chi connectivity index (χ1n) is 8.52. The van der Waals surface area contributed by atoms with E-state index < -0.39 is 0 Å². The van der Waals surface area contributed by atoms with Crippen LogP contribution in [-0.2, 0) is 0 Å². The van der Waals surface area contributed by atoms with Crippen molar-refractivity contribution in [1.29, 1.82) is 0 Å². The highest BCUT2D eigenvalue weighted by molar-refractivity contribution is 5.92. The first-order valence-corrected chi connectivity index (χ1v) is 8.52. The highest BCUT2D eigenvalue weighted by atomic mass is 16.2. The largest absolute Gasteiger partial charge is 0.337 e. The second kappa shape index (κ2) is 8.43. The number of amides is 1. The molecule has 0 saturated heterocycles. The van der Waals surface area contributed by atoms with Crippen molar-refractivity contribution in [1.82, 2.24) is 14.9 Å². The molecule has 5 heteroatoms. The van der Waals surface area contributed by atoms with Crippen LogP contribution >= 0.6 is 0 Å². The van der Waals surface area contributed by atoms with Crippen LogP contribution in [0.5, 0.6) is 0 Å². The summed E-state index contributed by atoms with van der Waals surface area (Å²) in [7, 11) is 0. The average molecular weight is 326 g/mol. The fraction of sp³-hybridized carbons (Fsp3) is 0.421. The Bertz CT molecular complexity index is 694. The molecular weight excluding hydrogens is 300 g/mol. The van der Waals surface area contributed by atoms with E-state index in [2.05, 4.69) is 29.1 Å². The van der Waals surface area contributed by atoms with Gasteiger partial charge in [0.2, 0.25) is 5.95 Å². The molecule has 0 atom stereocenters. The Hall–Kier alpha value is -2.43. The number of rotatable bonds is 7. The number of hydrogen-bond donors (Lipinski definition) is 1. The van der Waals surface area contributed by atoms with Gasteiger partial charge in [0.05, 0.1) is 0 Å². The smallest absolute Gasteiger partial charge is 0.272 e. The van der Waals surface area contributed by atoms with Crippen molar-refractivity contribution >= 4 is 17.5 Å². The number of aryl methyl sites for hydroxylation is 2. The van der Waals surface area contributed by atoms with Crippen LogP contribution < -0.4 is 5.32 Å². The lowest BCUT2D eigenvalue weighted by Crippen LogP contribution is -2.33. The lowest BCUT2D eigenvalue weighted by molar-refractivity contribution is 0.0749. The van der Waals surface area contributed by atoms with Gasteiger partial charge in [0.1, 0.15) is 5.69 Å². The summed E-state index contributed by atoms with van der Waals surface area (Å²) in [6.07, 6.45) is 1.87. The minimum atomic E-state index is -0.0310. The maximum absolute atomic E-state index is 12.7. The molecule has 0 unspecified atom stereocenters. The summed E-state index contributed by atoms with van der Waals surface area (Å²) in [4.78, 5) is 23.4. The van der Waals surface area contributed by atoms with Gasteiger partial charge in [0, 0.05) is 24.5 Å². The standard InChI is InChI=1S/C19H26N4O/c1-5-10-23(11-6-2)18(24)17-13-15(4)20-19(22-17)21-16-9-7-8-14(3)12-16/h7-9,12-13H,5-6,10-11H2,1-4H3,(H,20,21,22). The first kappa shape index (κ1) is 17.9. The van der Waals surface area contributed by atoms with Crippen LogP contribution in [0.25, 0.3) is 0 Å². The number of carbonyl (C=O) groups excluding carboxylic acids is 1. The summed E-state index contributed by atoms with van der Waals surface area (Å²) in [5.41, 5.74) is 3.29. The highest BCUT2D eigenvalue weighted by Crippen LogP contribution is 2.16. The second-order valence-electron chi connectivity index (χ2n) is 6.00. The molecule has 0 fully saturated rings. The van der Waals surface area contributed by atoms with Crippen molar-refractivity contribution in [2.45, 2.75) is 40.5 Å². The molecule has 1 aromatic heterocycles. The zero-order chi connectivity index (χ0) is 17.5. The Morgan fingerprint density at radius 1 is 1.08 bits per heavy atom. The number of anilines is 2. The molecule has 0 bridgehead atoms. The number of benzene rings is 1. The summed E-state index contributed by atoms with van der Waals surface area (Å²) in [6.45, 7) is 9.55. The van der Waals surface area contributed by atoms with E-state index in [1.165, 1.54) is 0 Å². The van der Waals surface area contributed by atoms with E-state index in [0.717, 1.165) is 42.9 Å². The van der Waals surface area contributed by atoms with E-state index in [1.807, 2.05) is 43.0 Å². The van der Waals surface area contributed by atoms with Gasteiger partial charge in [0.15, 0.2) is 0 Å². The number of carbonyl (C=O) groups is 1. The molecular formula is C19H26N4O. The van der Waals surface area contributed by atoms with E-state index in [0.29, 0.717) is 11.6 Å². The van der Waals surface area contributed by atoms with E-state index in [9.17, 15) is 4.79 Å². The number of nitrogens with one attached hydrogen (secondary N) is 1. The Balaban J connectivity index is 2.25. The molecule has 0 spiro atoms. The minimum Gasteiger partial charge on any atom is -0.337 e. The van der Waals surface area contributed by atoms with Gasteiger partial charge in [-0.15, -0.1) is 0 Å². The Labute approximate surface area is 144 Å². The second-order valence-corrected chi connectivity index (χ2v) is 6.00. The van der Waals surface area contributed by atoms with Crippen molar-refractivity contribution in [3.05, 3.63) is 47.3 Å². The van der Waals surface area contributed by atoms with Gasteiger partial charge in [-0.1, -0.05) is 26.0 Å². The lowest BCUT2D eigenvalue weighted by Gasteiger charge is -2.21. The van der Waals surface area contributed by atoms with Crippen LogP contribution in [0.2, 0.25) is 0 Å². The molecule has 0 saturated carbocycles. The van der Waals surface area contributed by atoms with Crippen LogP contribution in [0.3, 0.4) is 0 Å². The van der Waals surface area contributed by atoms with Crippen LogP contribution in [0.1, 0.15) is 48.4 Å². The molecule has 0 aliphatic carbocycles. The zero-order valence-electron chi connectivity index (χ0n) is 15.0. The van der Waals surface area contributed by atoms with Crippen LogP contribution in [0.15, 0.2) is 30.3 Å². The summed E-state index contributed by atoms with van der Waals surface area (Å²) in [5.74, 6) is 0.424. The quantitative estimate of drug-likeness (QED) is 0.832. The van der Waals surface area contributed by atoms with Gasteiger partial charge < -0.3 is 10.2 Å². The fourth-order valence-corrected chi connectivity index (χ4v) is 2.60. The summed E-state index contributed by atoms with van der Waals surface area (Å²) in [5, 5.41) is 3.19. The van der Waals surface area contributed by atoms with Crippen molar-refractivity contribution in [2.24, 2.45) is 0 Å². The zero-order valence-corrected chi connectivity index (χ0v) is 15.0. The fourth-order valence-electron chi connectivity index (χ4n) is 2.60.